The number of nitrogens with zero attached hydrogens (tertiary/aromatic N) is 2. The van der Waals surface area contributed by atoms with E-state index >= 15 is 0 Å². The highest BCUT2D eigenvalue weighted by Gasteiger charge is 2.43. The molecule has 1 fully saturated rings. The van der Waals surface area contributed by atoms with Gasteiger partial charge in [-0.1, -0.05) is 0 Å². The SMILES string of the molecule is CN(C(=O)OC(C)(C)C)[C@@H]1CCN(C(F)(F)F)C1. The van der Waals surface area contributed by atoms with Crippen LogP contribution in [0.15, 0.2) is 0 Å². The standard InChI is InChI=1S/C11H19F3N2O2/c1-10(2,3)18-9(17)15(4)8-5-6-16(7-8)11(12,13)14/h8H,5-7H2,1-4H3/t8-/m1/s1. The van der Waals surface area contributed by atoms with Gasteiger partial charge in [-0.3, -0.25) is 0 Å². The normalized spacial score (nSPS) is 22.1. The van der Waals surface area contributed by atoms with Gasteiger partial charge in [-0.25, -0.2) is 9.69 Å². The number of hydrogen-bond donors (Lipinski definition) is 0. The first-order valence-corrected chi connectivity index (χ1v) is 5.78. The molecule has 0 saturated carbocycles. The molecule has 0 unspecified atom stereocenters. The van der Waals surface area contributed by atoms with E-state index in [1.165, 1.54) is 11.9 Å². The van der Waals surface area contributed by atoms with Gasteiger partial charge >= 0.3 is 12.4 Å². The number of likely N-dealkylation sites (N-methyl/N-ethyl adjacent to an activating group) is 1. The Labute approximate surface area is 105 Å². The average Bonchev–Trinajstić information content (AvgIpc) is 2.61. The lowest BCUT2D eigenvalue weighted by atomic mass is 10.2. The molecule has 1 atom stereocenters. The van der Waals surface area contributed by atoms with Crippen LogP contribution in [0.3, 0.4) is 0 Å². The molecule has 0 bridgehead atoms. The molecule has 7 heteroatoms. The molecule has 4 nitrogen and oxygen atoms in total. The predicted octanol–water partition coefficient (Wildman–Crippen LogP) is 2.45. The molecule has 1 amide bonds. The van der Waals surface area contributed by atoms with E-state index in [1.807, 2.05) is 0 Å². The molecule has 1 saturated heterocycles. The van der Waals surface area contributed by atoms with Crippen molar-refractivity contribution in [2.24, 2.45) is 0 Å². The van der Waals surface area contributed by atoms with Gasteiger partial charge in [-0.05, 0) is 27.2 Å². The van der Waals surface area contributed by atoms with Crippen LogP contribution >= 0.6 is 0 Å². The average molecular weight is 268 g/mol. The molecule has 1 aliphatic heterocycles. The molecular formula is C11H19F3N2O2. The minimum Gasteiger partial charge on any atom is -0.444 e. The molecule has 1 rings (SSSR count). The number of carbonyl (C=O) groups is 1. The molecule has 0 spiro atoms. The van der Waals surface area contributed by atoms with E-state index in [9.17, 15) is 18.0 Å². The number of carbonyl (C=O) groups excluding carboxylic acids is 1. The van der Waals surface area contributed by atoms with E-state index in [4.69, 9.17) is 4.74 Å². The summed E-state index contributed by atoms with van der Waals surface area (Å²) in [7, 11) is 1.47. The van der Waals surface area contributed by atoms with Crippen LogP contribution in [0.5, 0.6) is 0 Å². The Morgan fingerprint density at radius 2 is 1.89 bits per heavy atom. The maximum absolute atomic E-state index is 12.5. The van der Waals surface area contributed by atoms with E-state index in [0.717, 1.165) is 0 Å². The maximum Gasteiger partial charge on any atom is 0.459 e. The number of hydrogen-bond acceptors (Lipinski definition) is 3. The second-order valence-electron chi connectivity index (χ2n) is 5.45. The molecule has 106 valence electrons. The van der Waals surface area contributed by atoms with Crippen molar-refractivity contribution < 1.29 is 22.7 Å². The van der Waals surface area contributed by atoms with E-state index in [2.05, 4.69) is 0 Å². The third kappa shape index (κ3) is 4.04. The zero-order valence-corrected chi connectivity index (χ0v) is 11.0. The van der Waals surface area contributed by atoms with Crippen molar-refractivity contribution in [1.82, 2.24) is 9.80 Å². The number of ether oxygens (including phenoxy) is 1. The summed E-state index contributed by atoms with van der Waals surface area (Å²) in [5.74, 6) is 0. The first-order chi connectivity index (χ1) is 8.00. The van der Waals surface area contributed by atoms with E-state index < -0.39 is 24.0 Å². The fraction of sp³-hybridized carbons (Fsp3) is 0.909. The number of amides is 1. The van der Waals surface area contributed by atoms with Crippen LogP contribution in [0.25, 0.3) is 0 Å². The lowest BCUT2D eigenvalue weighted by molar-refractivity contribution is -0.239. The molecule has 0 aromatic heterocycles. The minimum absolute atomic E-state index is 0.0820. The van der Waals surface area contributed by atoms with Gasteiger partial charge in [-0.2, -0.15) is 13.2 Å². The van der Waals surface area contributed by atoms with Crippen LogP contribution < -0.4 is 0 Å². The van der Waals surface area contributed by atoms with Crippen LogP contribution in [-0.2, 0) is 4.74 Å². The summed E-state index contributed by atoms with van der Waals surface area (Å²) in [4.78, 5) is 13.4. The van der Waals surface area contributed by atoms with Crippen LogP contribution in [0.4, 0.5) is 18.0 Å². The maximum atomic E-state index is 12.5. The zero-order valence-electron chi connectivity index (χ0n) is 11.0. The number of likely N-dealkylation sites (tertiary alicyclic amines) is 1. The Kier molecular flexibility index (Phi) is 4.15. The monoisotopic (exact) mass is 268 g/mol. The molecule has 18 heavy (non-hydrogen) atoms. The lowest BCUT2D eigenvalue weighted by Crippen LogP contribution is -2.44. The van der Waals surface area contributed by atoms with E-state index in [1.54, 1.807) is 20.8 Å². The van der Waals surface area contributed by atoms with Gasteiger partial charge in [0.25, 0.3) is 0 Å². The van der Waals surface area contributed by atoms with Gasteiger partial charge < -0.3 is 9.64 Å². The van der Waals surface area contributed by atoms with Crippen LogP contribution in [0.1, 0.15) is 27.2 Å². The van der Waals surface area contributed by atoms with Crippen LogP contribution in [0.2, 0.25) is 0 Å². The van der Waals surface area contributed by atoms with Gasteiger partial charge in [-0.15, -0.1) is 0 Å². The predicted molar refractivity (Wildman–Crippen MR) is 60.0 cm³/mol. The summed E-state index contributed by atoms with van der Waals surface area (Å²) >= 11 is 0. The zero-order chi connectivity index (χ0) is 14.1. The Bertz CT molecular complexity index is 312. The number of alkyl halides is 3. The second kappa shape index (κ2) is 4.95. The Balaban J connectivity index is 2.55. The van der Waals surface area contributed by atoms with Crippen molar-refractivity contribution in [2.75, 3.05) is 20.1 Å². The van der Waals surface area contributed by atoms with Crippen LogP contribution in [-0.4, -0.2) is 54.0 Å². The number of rotatable bonds is 1. The fourth-order valence-corrected chi connectivity index (χ4v) is 1.77. The highest BCUT2D eigenvalue weighted by molar-refractivity contribution is 5.68. The minimum atomic E-state index is -4.33. The van der Waals surface area contributed by atoms with Gasteiger partial charge in [0.2, 0.25) is 0 Å². The topological polar surface area (TPSA) is 32.8 Å². The Morgan fingerprint density at radius 3 is 2.28 bits per heavy atom. The van der Waals surface area contributed by atoms with Gasteiger partial charge in [0.1, 0.15) is 5.60 Å². The van der Waals surface area contributed by atoms with Crippen molar-refractivity contribution in [2.45, 2.75) is 45.1 Å². The van der Waals surface area contributed by atoms with Crippen molar-refractivity contribution in [1.29, 1.82) is 0 Å². The third-order valence-corrected chi connectivity index (χ3v) is 2.75. The van der Waals surface area contributed by atoms with Crippen LogP contribution in [0, 0.1) is 0 Å². The molecule has 0 radical (unpaired) electrons. The second-order valence-corrected chi connectivity index (χ2v) is 5.45. The molecule has 0 aromatic rings. The van der Waals surface area contributed by atoms with Crippen molar-refractivity contribution in [3.05, 3.63) is 0 Å². The Hall–Kier alpha value is -0.980. The molecule has 0 aliphatic carbocycles. The van der Waals surface area contributed by atoms with Crippen molar-refractivity contribution in [3.63, 3.8) is 0 Å². The number of halogens is 3. The van der Waals surface area contributed by atoms with Crippen molar-refractivity contribution >= 4 is 6.09 Å². The highest BCUT2D eigenvalue weighted by atomic mass is 19.4. The van der Waals surface area contributed by atoms with E-state index in [0.29, 0.717) is 11.3 Å². The molecular weight excluding hydrogens is 249 g/mol. The van der Waals surface area contributed by atoms with Gasteiger partial charge in [0.05, 0.1) is 0 Å². The first kappa shape index (κ1) is 15.1. The summed E-state index contributed by atoms with van der Waals surface area (Å²) in [6.45, 7) is 4.88. The summed E-state index contributed by atoms with van der Waals surface area (Å²) < 4.78 is 42.5. The third-order valence-electron chi connectivity index (χ3n) is 2.75. The highest BCUT2D eigenvalue weighted by Crippen LogP contribution is 2.28. The van der Waals surface area contributed by atoms with Gasteiger partial charge in [0.15, 0.2) is 0 Å². The van der Waals surface area contributed by atoms with E-state index in [-0.39, 0.29) is 13.1 Å². The summed E-state index contributed by atoms with van der Waals surface area (Å²) in [6, 6.07) is -0.457. The Morgan fingerprint density at radius 1 is 1.33 bits per heavy atom. The van der Waals surface area contributed by atoms with Crippen molar-refractivity contribution in [3.8, 4) is 0 Å². The lowest BCUT2D eigenvalue weighted by Gasteiger charge is -2.28. The molecule has 1 aliphatic rings. The summed E-state index contributed by atoms with van der Waals surface area (Å²) in [6.07, 6.45) is -4.62. The largest absolute Gasteiger partial charge is 0.459 e. The molecule has 0 N–H and O–H groups in total. The molecule has 1 heterocycles. The summed E-state index contributed by atoms with van der Waals surface area (Å²) in [5, 5.41) is 0. The first-order valence-electron chi connectivity index (χ1n) is 5.78. The quantitative estimate of drug-likeness (QED) is 0.685. The summed E-state index contributed by atoms with van der Waals surface area (Å²) in [5.41, 5.74) is -0.645. The van der Waals surface area contributed by atoms with Gasteiger partial charge in [0, 0.05) is 26.2 Å². The fourth-order valence-electron chi connectivity index (χ4n) is 1.77. The molecule has 0 aromatic carbocycles. The smallest absolute Gasteiger partial charge is 0.444 e.